The van der Waals surface area contributed by atoms with Crippen molar-refractivity contribution in [2.24, 2.45) is 0 Å². The largest absolute Gasteiger partial charge is 0.453 e. The smallest absolute Gasteiger partial charge is 0.213 e. The highest BCUT2D eigenvalue weighted by atomic mass is 32.1. The maximum atomic E-state index is 5.61. The van der Waals surface area contributed by atoms with Gasteiger partial charge in [-0.05, 0) is 24.4 Å². The molecule has 15 heavy (non-hydrogen) atoms. The van der Waals surface area contributed by atoms with Crippen LogP contribution in [0, 0.1) is 4.77 Å². The molecule has 2 aromatic heterocycles. The van der Waals surface area contributed by atoms with Crippen molar-refractivity contribution in [3.8, 4) is 11.6 Å². The van der Waals surface area contributed by atoms with E-state index >= 15 is 0 Å². The van der Waals surface area contributed by atoms with Gasteiger partial charge in [0.25, 0.3) is 0 Å². The van der Waals surface area contributed by atoms with Crippen molar-refractivity contribution >= 4 is 23.2 Å². The topological polar surface area (TPSA) is 57.6 Å². The quantitative estimate of drug-likeness (QED) is 0.616. The van der Waals surface area contributed by atoms with Crippen molar-refractivity contribution in [2.45, 2.75) is 0 Å². The van der Waals surface area contributed by atoms with Gasteiger partial charge in [0.15, 0.2) is 11.6 Å². The van der Waals surface area contributed by atoms with Crippen LogP contribution in [0.15, 0.2) is 34.7 Å². The Labute approximate surface area is 89.9 Å². The number of aromatic amines is 2. The van der Waals surface area contributed by atoms with Gasteiger partial charge >= 0.3 is 0 Å². The second kappa shape index (κ2) is 3.06. The summed E-state index contributed by atoms with van der Waals surface area (Å²) < 4.78 is 6.03. The first-order valence-electron chi connectivity index (χ1n) is 4.46. The summed E-state index contributed by atoms with van der Waals surface area (Å²) in [6.07, 6.45) is 0. The minimum atomic E-state index is 0.422. The van der Waals surface area contributed by atoms with Crippen LogP contribution < -0.4 is 0 Å². The number of nitrogens with one attached hydrogen (secondary N) is 2. The third-order valence-corrected chi connectivity index (χ3v) is 2.35. The molecular formula is C10H7N3OS. The zero-order valence-electron chi connectivity index (χ0n) is 7.65. The van der Waals surface area contributed by atoms with Crippen LogP contribution in [0.2, 0.25) is 0 Å². The van der Waals surface area contributed by atoms with Crippen molar-refractivity contribution in [3.63, 3.8) is 0 Å². The van der Waals surface area contributed by atoms with Crippen molar-refractivity contribution in [1.82, 2.24) is 15.2 Å². The normalized spacial score (nSPS) is 10.9. The van der Waals surface area contributed by atoms with Gasteiger partial charge in [0.05, 0.1) is 0 Å². The number of para-hydroxylation sites is 1. The average molecular weight is 217 g/mol. The average Bonchev–Trinajstić information content (AvgIpc) is 2.82. The lowest BCUT2D eigenvalue weighted by Crippen LogP contribution is -1.74. The summed E-state index contributed by atoms with van der Waals surface area (Å²) in [5, 5.41) is 6.63. The SMILES string of the molecule is S=c1nc(-c2cc3ccccc3o2)[nH][nH]1. The zero-order chi connectivity index (χ0) is 10.3. The maximum absolute atomic E-state index is 5.61. The summed E-state index contributed by atoms with van der Waals surface area (Å²) in [7, 11) is 0. The number of H-pyrrole nitrogens is 2. The molecule has 0 bridgehead atoms. The first-order valence-corrected chi connectivity index (χ1v) is 4.87. The number of benzene rings is 1. The Bertz CT molecular complexity index is 631. The minimum Gasteiger partial charge on any atom is -0.453 e. The Morgan fingerprint density at radius 1 is 1.20 bits per heavy atom. The van der Waals surface area contributed by atoms with Gasteiger partial charge in [-0.2, -0.15) is 4.98 Å². The molecule has 0 aliphatic rings. The van der Waals surface area contributed by atoms with E-state index in [-0.39, 0.29) is 0 Å². The van der Waals surface area contributed by atoms with Crippen LogP contribution in [0.4, 0.5) is 0 Å². The molecule has 0 aliphatic heterocycles. The van der Waals surface area contributed by atoms with E-state index in [1.807, 2.05) is 30.3 Å². The summed E-state index contributed by atoms with van der Waals surface area (Å²) in [5.74, 6) is 1.31. The minimum absolute atomic E-state index is 0.422. The molecule has 1 aromatic carbocycles. The number of rotatable bonds is 1. The summed E-state index contributed by atoms with van der Waals surface area (Å²) in [6, 6.07) is 9.73. The standard InChI is InChI=1S/C10H7N3OS/c15-10-11-9(12-13-10)8-5-6-3-1-2-4-7(6)14-8/h1-5H,(H2,11,12,13,15). The summed E-state index contributed by atoms with van der Waals surface area (Å²) in [4.78, 5) is 4.09. The highest BCUT2D eigenvalue weighted by molar-refractivity contribution is 7.71. The molecule has 0 amide bonds. The molecule has 4 nitrogen and oxygen atoms in total. The van der Waals surface area contributed by atoms with Crippen molar-refractivity contribution in [1.29, 1.82) is 0 Å². The fourth-order valence-corrected chi connectivity index (χ4v) is 1.63. The van der Waals surface area contributed by atoms with E-state index in [0.717, 1.165) is 11.0 Å². The Morgan fingerprint density at radius 2 is 2.07 bits per heavy atom. The van der Waals surface area contributed by atoms with Crippen molar-refractivity contribution in [3.05, 3.63) is 35.1 Å². The second-order valence-corrected chi connectivity index (χ2v) is 3.55. The summed E-state index contributed by atoms with van der Waals surface area (Å²) in [5.41, 5.74) is 0.842. The third kappa shape index (κ3) is 1.37. The maximum Gasteiger partial charge on any atom is 0.213 e. The van der Waals surface area contributed by atoms with E-state index in [1.165, 1.54) is 0 Å². The van der Waals surface area contributed by atoms with Crippen LogP contribution in [0.5, 0.6) is 0 Å². The number of fused-ring (bicyclic) bond motifs is 1. The molecule has 0 unspecified atom stereocenters. The lowest BCUT2D eigenvalue weighted by atomic mass is 10.2. The van der Waals surface area contributed by atoms with E-state index in [2.05, 4.69) is 15.2 Å². The highest BCUT2D eigenvalue weighted by Gasteiger charge is 2.07. The van der Waals surface area contributed by atoms with Crippen LogP contribution in [0.1, 0.15) is 0 Å². The Balaban J connectivity index is 2.24. The molecular weight excluding hydrogens is 210 g/mol. The third-order valence-electron chi connectivity index (χ3n) is 2.16. The molecule has 5 heteroatoms. The Kier molecular flexibility index (Phi) is 1.72. The van der Waals surface area contributed by atoms with E-state index in [0.29, 0.717) is 16.4 Å². The van der Waals surface area contributed by atoms with E-state index in [9.17, 15) is 0 Å². The molecule has 0 aliphatic carbocycles. The molecule has 0 fully saturated rings. The predicted molar refractivity (Wildman–Crippen MR) is 59.0 cm³/mol. The van der Waals surface area contributed by atoms with Gasteiger partial charge in [0.1, 0.15) is 5.58 Å². The molecule has 0 saturated heterocycles. The van der Waals surface area contributed by atoms with Gasteiger partial charge in [0, 0.05) is 5.39 Å². The second-order valence-electron chi connectivity index (χ2n) is 3.16. The highest BCUT2D eigenvalue weighted by Crippen LogP contribution is 2.24. The molecule has 2 N–H and O–H groups in total. The fraction of sp³-hybridized carbons (Fsp3) is 0. The summed E-state index contributed by atoms with van der Waals surface area (Å²) >= 11 is 4.87. The first kappa shape index (κ1) is 8.43. The van der Waals surface area contributed by atoms with Gasteiger partial charge in [-0.1, -0.05) is 18.2 Å². The molecule has 3 rings (SSSR count). The molecule has 2 heterocycles. The van der Waals surface area contributed by atoms with E-state index in [4.69, 9.17) is 16.6 Å². The number of nitrogens with zero attached hydrogens (tertiary/aromatic N) is 1. The molecule has 3 aromatic rings. The monoisotopic (exact) mass is 217 g/mol. The molecule has 0 spiro atoms. The van der Waals surface area contributed by atoms with Crippen LogP contribution in [-0.4, -0.2) is 15.2 Å². The first-order chi connectivity index (χ1) is 7.33. The van der Waals surface area contributed by atoms with Gasteiger partial charge in [-0.25, -0.2) is 0 Å². The van der Waals surface area contributed by atoms with Crippen molar-refractivity contribution < 1.29 is 4.42 Å². The number of hydrogen-bond donors (Lipinski definition) is 2. The predicted octanol–water partition coefficient (Wildman–Crippen LogP) is 2.88. The molecule has 0 saturated carbocycles. The Hall–Kier alpha value is -1.88. The van der Waals surface area contributed by atoms with Crippen LogP contribution in [0.25, 0.3) is 22.6 Å². The van der Waals surface area contributed by atoms with E-state index in [1.54, 1.807) is 0 Å². The van der Waals surface area contributed by atoms with Crippen molar-refractivity contribution in [2.75, 3.05) is 0 Å². The van der Waals surface area contributed by atoms with Gasteiger partial charge < -0.3 is 4.42 Å². The van der Waals surface area contributed by atoms with E-state index < -0.39 is 0 Å². The lowest BCUT2D eigenvalue weighted by molar-refractivity contribution is 0.625. The molecule has 0 radical (unpaired) electrons. The Morgan fingerprint density at radius 3 is 2.80 bits per heavy atom. The zero-order valence-corrected chi connectivity index (χ0v) is 8.47. The number of hydrogen-bond acceptors (Lipinski definition) is 3. The number of aromatic nitrogens is 3. The number of furan rings is 1. The van der Waals surface area contributed by atoms with Crippen LogP contribution >= 0.6 is 12.2 Å². The fourth-order valence-electron chi connectivity index (χ4n) is 1.49. The van der Waals surface area contributed by atoms with Gasteiger partial charge in [-0.15, -0.1) is 0 Å². The molecule has 0 atom stereocenters. The van der Waals surface area contributed by atoms with Gasteiger partial charge in [0.2, 0.25) is 4.77 Å². The van der Waals surface area contributed by atoms with Crippen LogP contribution in [-0.2, 0) is 0 Å². The van der Waals surface area contributed by atoms with Gasteiger partial charge in [-0.3, -0.25) is 10.2 Å². The summed E-state index contributed by atoms with van der Waals surface area (Å²) in [6.45, 7) is 0. The van der Waals surface area contributed by atoms with Crippen LogP contribution in [0.3, 0.4) is 0 Å². The molecule has 74 valence electrons. The lowest BCUT2D eigenvalue weighted by Gasteiger charge is -1.85.